The van der Waals surface area contributed by atoms with Gasteiger partial charge in [0.15, 0.2) is 0 Å². The lowest BCUT2D eigenvalue weighted by Crippen LogP contribution is -2.34. The Morgan fingerprint density at radius 1 is 1.40 bits per heavy atom. The quantitative estimate of drug-likeness (QED) is 0.920. The number of nitrogens with zero attached hydrogens (tertiary/aromatic N) is 2. The molecule has 0 bridgehead atoms. The first-order chi connectivity index (χ1) is 9.56. The monoisotopic (exact) mass is 289 g/mol. The van der Waals surface area contributed by atoms with Crippen molar-refractivity contribution >= 4 is 23.1 Å². The maximum atomic E-state index is 12.1. The van der Waals surface area contributed by atoms with Crippen LogP contribution in [0.15, 0.2) is 35.2 Å². The first-order valence-corrected chi connectivity index (χ1v) is 7.46. The molecule has 0 fully saturated rings. The van der Waals surface area contributed by atoms with Gasteiger partial charge in [-0.25, -0.2) is 4.98 Å². The highest BCUT2D eigenvalue weighted by molar-refractivity contribution is 7.07. The number of anilines is 1. The highest BCUT2D eigenvalue weighted by Crippen LogP contribution is 2.10. The van der Waals surface area contributed by atoms with Crippen LogP contribution in [0.25, 0.3) is 0 Å². The van der Waals surface area contributed by atoms with Crippen molar-refractivity contribution < 1.29 is 4.79 Å². The van der Waals surface area contributed by atoms with Gasteiger partial charge in [0.2, 0.25) is 0 Å². The Morgan fingerprint density at radius 3 is 2.75 bits per heavy atom. The van der Waals surface area contributed by atoms with Crippen LogP contribution in [0.4, 0.5) is 5.82 Å². The van der Waals surface area contributed by atoms with Gasteiger partial charge in [-0.1, -0.05) is 0 Å². The maximum absolute atomic E-state index is 12.1. The first-order valence-electron chi connectivity index (χ1n) is 6.51. The number of pyridine rings is 1. The lowest BCUT2D eigenvalue weighted by molar-refractivity contribution is 0.0940. The molecule has 1 amide bonds. The molecule has 0 radical (unpaired) electrons. The SMILES string of the molecule is CC(Cc1ccsc1)NC(=O)c1ccc(N(C)C)nc1. The second-order valence-electron chi connectivity index (χ2n) is 5.01. The van der Waals surface area contributed by atoms with E-state index in [-0.39, 0.29) is 11.9 Å². The molecular weight excluding hydrogens is 270 g/mol. The van der Waals surface area contributed by atoms with Crippen LogP contribution in [-0.4, -0.2) is 31.0 Å². The van der Waals surface area contributed by atoms with Crippen LogP contribution in [0, 0.1) is 0 Å². The molecule has 0 aliphatic carbocycles. The van der Waals surface area contributed by atoms with Gasteiger partial charge in [-0.3, -0.25) is 4.79 Å². The Bertz CT molecular complexity index is 549. The number of carbonyl (C=O) groups excluding carboxylic acids is 1. The summed E-state index contributed by atoms with van der Waals surface area (Å²) < 4.78 is 0. The zero-order valence-electron chi connectivity index (χ0n) is 12.0. The summed E-state index contributed by atoms with van der Waals surface area (Å²) in [5, 5.41) is 7.15. The summed E-state index contributed by atoms with van der Waals surface area (Å²) in [7, 11) is 3.84. The number of carbonyl (C=O) groups is 1. The molecule has 20 heavy (non-hydrogen) atoms. The Morgan fingerprint density at radius 2 is 2.20 bits per heavy atom. The third-order valence-corrected chi connectivity index (χ3v) is 3.70. The van der Waals surface area contributed by atoms with E-state index in [1.54, 1.807) is 23.6 Å². The molecule has 2 rings (SSSR count). The van der Waals surface area contributed by atoms with Gasteiger partial charge in [0.1, 0.15) is 5.82 Å². The van der Waals surface area contributed by atoms with Crippen molar-refractivity contribution in [3.8, 4) is 0 Å². The van der Waals surface area contributed by atoms with Crippen molar-refractivity contribution in [2.45, 2.75) is 19.4 Å². The molecule has 0 aliphatic heterocycles. The maximum Gasteiger partial charge on any atom is 0.253 e. The molecule has 2 aromatic rings. The van der Waals surface area contributed by atoms with E-state index < -0.39 is 0 Å². The molecule has 2 heterocycles. The van der Waals surface area contributed by atoms with Crippen LogP contribution in [0.5, 0.6) is 0 Å². The second kappa shape index (κ2) is 6.52. The number of nitrogens with one attached hydrogen (secondary N) is 1. The Kier molecular flexibility index (Phi) is 4.74. The first kappa shape index (κ1) is 14.5. The smallest absolute Gasteiger partial charge is 0.253 e. The van der Waals surface area contributed by atoms with Gasteiger partial charge < -0.3 is 10.2 Å². The van der Waals surface area contributed by atoms with Crippen molar-refractivity contribution in [2.24, 2.45) is 0 Å². The van der Waals surface area contributed by atoms with E-state index in [1.807, 2.05) is 37.4 Å². The zero-order chi connectivity index (χ0) is 14.5. The topological polar surface area (TPSA) is 45.2 Å². The zero-order valence-corrected chi connectivity index (χ0v) is 12.8. The van der Waals surface area contributed by atoms with Crippen LogP contribution in [0.3, 0.4) is 0 Å². The normalized spacial score (nSPS) is 11.9. The van der Waals surface area contributed by atoms with Gasteiger partial charge in [-0.2, -0.15) is 11.3 Å². The number of aromatic nitrogens is 1. The molecule has 1 unspecified atom stereocenters. The van der Waals surface area contributed by atoms with Crippen LogP contribution in [0.2, 0.25) is 0 Å². The summed E-state index contributed by atoms with van der Waals surface area (Å²) in [6.07, 6.45) is 2.46. The van der Waals surface area contributed by atoms with Gasteiger partial charge in [0, 0.05) is 26.3 Å². The minimum Gasteiger partial charge on any atom is -0.363 e. The minimum absolute atomic E-state index is 0.0782. The second-order valence-corrected chi connectivity index (χ2v) is 5.79. The van der Waals surface area contributed by atoms with E-state index in [0.29, 0.717) is 5.56 Å². The fourth-order valence-corrected chi connectivity index (χ4v) is 2.59. The van der Waals surface area contributed by atoms with Crippen molar-refractivity contribution in [1.82, 2.24) is 10.3 Å². The fraction of sp³-hybridized carbons (Fsp3) is 0.333. The van der Waals surface area contributed by atoms with E-state index in [1.165, 1.54) is 5.56 Å². The van der Waals surface area contributed by atoms with Gasteiger partial charge in [-0.15, -0.1) is 0 Å². The minimum atomic E-state index is -0.0782. The molecule has 106 valence electrons. The molecule has 0 saturated heterocycles. The predicted molar refractivity (Wildman–Crippen MR) is 83.5 cm³/mol. The summed E-state index contributed by atoms with van der Waals surface area (Å²) in [5.74, 6) is 0.762. The lowest BCUT2D eigenvalue weighted by Gasteiger charge is -2.14. The summed E-state index contributed by atoms with van der Waals surface area (Å²) in [5.41, 5.74) is 1.84. The van der Waals surface area contributed by atoms with Crippen molar-refractivity contribution in [3.05, 3.63) is 46.3 Å². The Labute approximate surface area is 123 Å². The highest BCUT2D eigenvalue weighted by Gasteiger charge is 2.11. The largest absolute Gasteiger partial charge is 0.363 e. The third kappa shape index (κ3) is 3.81. The van der Waals surface area contributed by atoms with Crippen molar-refractivity contribution in [1.29, 1.82) is 0 Å². The number of amides is 1. The van der Waals surface area contributed by atoms with Gasteiger partial charge in [-0.05, 0) is 47.9 Å². The van der Waals surface area contributed by atoms with Crippen LogP contribution < -0.4 is 10.2 Å². The van der Waals surface area contributed by atoms with E-state index in [4.69, 9.17) is 0 Å². The Balaban J connectivity index is 1.93. The molecule has 5 heteroatoms. The number of rotatable bonds is 5. The van der Waals surface area contributed by atoms with Crippen molar-refractivity contribution in [2.75, 3.05) is 19.0 Å². The summed E-state index contributed by atoms with van der Waals surface area (Å²) in [6, 6.07) is 5.83. The Hall–Kier alpha value is -1.88. The van der Waals surface area contributed by atoms with Gasteiger partial charge in [0.25, 0.3) is 5.91 Å². The summed E-state index contributed by atoms with van der Waals surface area (Å²) >= 11 is 1.67. The fourth-order valence-electron chi connectivity index (χ4n) is 1.91. The number of thiophene rings is 1. The predicted octanol–water partition coefficient (Wildman–Crippen LogP) is 2.57. The molecule has 1 atom stereocenters. The van der Waals surface area contributed by atoms with E-state index in [0.717, 1.165) is 12.2 Å². The average Bonchev–Trinajstić information content (AvgIpc) is 2.91. The summed E-state index contributed by atoms with van der Waals surface area (Å²) in [4.78, 5) is 18.3. The van der Waals surface area contributed by atoms with E-state index >= 15 is 0 Å². The van der Waals surface area contributed by atoms with Crippen molar-refractivity contribution in [3.63, 3.8) is 0 Å². The molecule has 0 saturated carbocycles. The van der Waals surface area contributed by atoms with E-state index in [2.05, 4.69) is 21.7 Å². The van der Waals surface area contributed by atoms with Gasteiger partial charge >= 0.3 is 0 Å². The highest BCUT2D eigenvalue weighted by atomic mass is 32.1. The molecular formula is C15H19N3OS. The summed E-state index contributed by atoms with van der Waals surface area (Å²) in [6.45, 7) is 2.01. The molecule has 0 aliphatic rings. The molecule has 0 spiro atoms. The standard InChI is InChI=1S/C15H19N3OS/c1-11(8-12-6-7-20-10-12)17-15(19)13-4-5-14(16-9-13)18(2)3/h4-7,9-11H,8H2,1-3H3,(H,17,19). The molecule has 4 nitrogen and oxygen atoms in total. The number of hydrogen-bond acceptors (Lipinski definition) is 4. The average molecular weight is 289 g/mol. The lowest BCUT2D eigenvalue weighted by atomic mass is 10.1. The van der Waals surface area contributed by atoms with E-state index in [9.17, 15) is 4.79 Å². The number of hydrogen-bond donors (Lipinski definition) is 1. The molecule has 0 aromatic carbocycles. The van der Waals surface area contributed by atoms with Crippen LogP contribution >= 0.6 is 11.3 Å². The molecule has 1 N–H and O–H groups in total. The molecule has 2 aromatic heterocycles. The third-order valence-electron chi connectivity index (χ3n) is 2.97. The van der Waals surface area contributed by atoms with Crippen LogP contribution in [0.1, 0.15) is 22.8 Å². The van der Waals surface area contributed by atoms with Crippen LogP contribution in [-0.2, 0) is 6.42 Å². The van der Waals surface area contributed by atoms with Gasteiger partial charge in [0.05, 0.1) is 5.56 Å².